The normalized spacial score (nSPS) is 15.3. The highest BCUT2D eigenvalue weighted by molar-refractivity contribution is 6.44. The van der Waals surface area contributed by atoms with Gasteiger partial charge in [0.2, 0.25) is 5.91 Å². The van der Waals surface area contributed by atoms with E-state index >= 15 is 0 Å². The predicted octanol–water partition coefficient (Wildman–Crippen LogP) is 3.15. The van der Waals surface area contributed by atoms with E-state index in [0.29, 0.717) is 17.4 Å². The van der Waals surface area contributed by atoms with Crippen LogP contribution in [0, 0.1) is 17.5 Å². The van der Waals surface area contributed by atoms with Crippen LogP contribution in [-0.2, 0) is 16.1 Å². The van der Waals surface area contributed by atoms with Crippen LogP contribution in [0.4, 0.5) is 24.5 Å². The van der Waals surface area contributed by atoms with Crippen molar-refractivity contribution in [2.45, 2.75) is 19.0 Å². The number of halogens is 3. The fourth-order valence-electron chi connectivity index (χ4n) is 3.47. The molecular weight excluding hydrogens is 435 g/mol. The highest BCUT2D eigenvalue weighted by Gasteiger charge is 2.37. The molecule has 3 aromatic rings. The molecule has 1 aliphatic rings. The van der Waals surface area contributed by atoms with E-state index in [1.54, 1.807) is 18.2 Å². The third kappa shape index (κ3) is 4.69. The third-order valence-corrected chi connectivity index (χ3v) is 5.07. The van der Waals surface area contributed by atoms with Crippen LogP contribution in [0.2, 0.25) is 0 Å². The first-order chi connectivity index (χ1) is 15.8. The summed E-state index contributed by atoms with van der Waals surface area (Å²) in [5.41, 5.74) is 6.07. The van der Waals surface area contributed by atoms with Crippen molar-refractivity contribution in [3.05, 3.63) is 90.0 Å². The monoisotopic (exact) mass is 453 g/mol. The van der Waals surface area contributed by atoms with Crippen LogP contribution < -0.4 is 15.6 Å². The Balaban J connectivity index is 1.72. The molecule has 4 rings (SSSR count). The van der Waals surface area contributed by atoms with Crippen molar-refractivity contribution in [3.8, 4) is 0 Å². The van der Waals surface area contributed by atoms with E-state index in [1.165, 1.54) is 35.5 Å². The van der Waals surface area contributed by atoms with Crippen molar-refractivity contribution in [1.82, 2.24) is 4.98 Å². The lowest BCUT2D eigenvalue weighted by atomic mass is 10.1. The number of carbonyl (C=O) groups is 2. The summed E-state index contributed by atoms with van der Waals surface area (Å²) in [4.78, 5) is 30.7. The number of pyridine rings is 1. The van der Waals surface area contributed by atoms with Crippen LogP contribution in [0.3, 0.4) is 0 Å². The number of aromatic nitrogens is 1. The Bertz CT molecular complexity index is 1220. The zero-order valence-corrected chi connectivity index (χ0v) is 17.2. The van der Waals surface area contributed by atoms with Crippen molar-refractivity contribution >= 4 is 28.9 Å². The Hall–Kier alpha value is -4.21. The van der Waals surface area contributed by atoms with Gasteiger partial charge in [0.1, 0.15) is 29.2 Å². The van der Waals surface area contributed by atoms with Gasteiger partial charge in [-0.3, -0.25) is 24.5 Å². The van der Waals surface area contributed by atoms with Crippen molar-refractivity contribution < 1.29 is 22.8 Å². The molecule has 0 saturated heterocycles. The number of carbonyl (C=O) groups excluding carboxylic acids is 2. The van der Waals surface area contributed by atoms with E-state index in [-0.39, 0.29) is 24.4 Å². The largest absolute Gasteiger partial charge is 0.368 e. The number of hydrogen-bond donors (Lipinski definition) is 1. The molecule has 2 N–H and O–H groups in total. The average molecular weight is 453 g/mol. The smallest absolute Gasteiger partial charge is 0.275 e. The Morgan fingerprint density at radius 1 is 1.03 bits per heavy atom. The molecule has 7 nitrogen and oxygen atoms in total. The summed E-state index contributed by atoms with van der Waals surface area (Å²) in [6.45, 7) is -0.126. The summed E-state index contributed by atoms with van der Waals surface area (Å²) >= 11 is 0. The van der Waals surface area contributed by atoms with Crippen LogP contribution in [0.15, 0.2) is 72.0 Å². The number of rotatable bonds is 6. The number of primary amides is 1. The second-order valence-electron chi connectivity index (χ2n) is 7.30. The molecule has 0 radical (unpaired) electrons. The highest BCUT2D eigenvalue weighted by Crippen LogP contribution is 2.28. The van der Waals surface area contributed by atoms with Gasteiger partial charge in [0, 0.05) is 18.7 Å². The molecule has 0 bridgehead atoms. The highest BCUT2D eigenvalue weighted by atomic mass is 19.1. The van der Waals surface area contributed by atoms with E-state index in [9.17, 15) is 22.8 Å². The molecule has 0 saturated carbocycles. The summed E-state index contributed by atoms with van der Waals surface area (Å²) in [6.07, 6.45) is 1.37. The van der Waals surface area contributed by atoms with Crippen LogP contribution in [0.1, 0.15) is 12.1 Å². The van der Waals surface area contributed by atoms with E-state index < -0.39 is 35.3 Å². The molecule has 2 amide bonds. The van der Waals surface area contributed by atoms with Gasteiger partial charge < -0.3 is 5.73 Å². The van der Waals surface area contributed by atoms with Gasteiger partial charge in [-0.05, 0) is 48.5 Å². The Kier molecular flexibility index (Phi) is 6.07. The molecule has 2 aromatic carbocycles. The lowest BCUT2D eigenvalue weighted by Gasteiger charge is -2.23. The molecule has 33 heavy (non-hydrogen) atoms. The Morgan fingerprint density at radius 2 is 1.76 bits per heavy atom. The van der Waals surface area contributed by atoms with E-state index in [2.05, 4.69) is 10.1 Å². The summed E-state index contributed by atoms with van der Waals surface area (Å²) in [6, 6.07) is 12.1. The molecule has 2 heterocycles. The minimum Gasteiger partial charge on any atom is -0.368 e. The maximum Gasteiger partial charge on any atom is 0.275 e. The molecular formula is C23H18F3N5O2. The second-order valence-corrected chi connectivity index (χ2v) is 7.30. The Morgan fingerprint density at radius 3 is 2.39 bits per heavy atom. The SMILES string of the molecule is NC(=O)C1CC(C(=O)N(Cc2ccccn2)c2ccc(F)cc2F)=NN1c1ccc(F)cc1. The quantitative estimate of drug-likeness (QED) is 0.621. The summed E-state index contributed by atoms with van der Waals surface area (Å²) in [7, 11) is 0. The molecule has 168 valence electrons. The maximum atomic E-state index is 14.6. The number of anilines is 2. The summed E-state index contributed by atoms with van der Waals surface area (Å²) < 4.78 is 41.4. The minimum atomic E-state index is -0.996. The van der Waals surface area contributed by atoms with Crippen molar-refractivity contribution in [1.29, 1.82) is 0 Å². The number of benzene rings is 2. The van der Waals surface area contributed by atoms with E-state index in [0.717, 1.165) is 17.0 Å². The third-order valence-electron chi connectivity index (χ3n) is 5.07. The zero-order chi connectivity index (χ0) is 23.5. The zero-order valence-electron chi connectivity index (χ0n) is 17.2. The summed E-state index contributed by atoms with van der Waals surface area (Å²) in [5.74, 6) is -3.67. The van der Waals surface area contributed by atoms with Gasteiger partial charge in [-0.25, -0.2) is 13.2 Å². The predicted molar refractivity (Wildman–Crippen MR) is 116 cm³/mol. The number of hydrogen-bond acceptors (Lipinski definition) is 5. The fraction of sp³-hybridized carbons (Fsp3) is 0.130. The lowest BCUT2D eigenvalue weighted by molar-refractivity contribution is -0.119. The van der Waals surface area contributed by atoms with Crippen LogP contribution in [0.25, 0.3) is 0 Å². The second kappa shape index (κ2) is 9.11. The number of nitrogens with zero attached hydrogens (tertiary/aromatic N) is 4. The molecule has 1 aliphatic heterocycles. The Labute approximate surface area is 186 Å². The fourth-order valence-corrected chi connectivity index (χ4v) is 3.47. The minimum absolute atomic E-state index is 0.0669. The molecule has 1 aromatic heterocycles. The van der Waals surface area contributed by atoms with Crippen molar-refractivity contribution in [2.24, 2.45) is 10.8 Å². The number of nitrogens with two attached hydrogens (primary N) is 1. The number of hydrazone groups is 1. The summed E-state index contributed by atoms with van der Waals surface area (Å²) in [5, 5.41) is 5.48. The van der Waals surface area contributed by atoms with Gasteiger partial charge in [-0.2, -0.15) is 5.10 Å². The van der Waals surface area contributed by atoms with Crippen LogP contribution in [-0.4, -0.2) is 28.6 Å². The van der Waals surface area contributed by atoms with Crippen LogP contribution >= 0.6 is 0 Å². The van der Waals surface area contributed by atoms with Crippen molar-refractivity contribution in [2.75, 3.05) is 9.91 Å². The van der Waals surface area contributed by atoms with Gasteiger partial charge in [0.25, 0.3) is 5.91 Å². The topological polar surface area (TPSA) is 91.9 Å². The van der Waals surface area contributed by atoms with E-state index in [1.807, 2.05) is 0 Å². The molecule has 0 aliphatic carbocycles. The maximum absolute atomic E-state index is 14.6. The van der Waals surface area contributed by atoms with Gasteiger partial charge in [0.15, 0.2) is 0 Å². The molecule has 1 unspecified atom stereocenters. The van der Waals surface area contributed by atoms with E-state index in [4.69, 9.17) is 5.73 Å². The number of amides is 2. The van der Waals surface area contributed by atoms with Gasteiger partial charge in [-0.1, -0.05) is 6.07 Å². The average Bonchev–Trinajstić information content (AvgIpc) is 3.25. The lowest BCUT2D eigenvalue weighted by Crippen LogP contribution is -2.40. The molecule has 0 spiro atoms. The van der Waals surface area contributed by atoms with Gasteiger partial charge in [-0.15, -0.1) is 0 Å². The molecule has 0 fully saturated rings. The van der Waals surface area contributed by atoms with Gasteiger partial charge >= 0.3 is 0 Å². The standard InChI is InChI=1S/C23H18F3N5O2/c24-14-4-7-17(8-5-14)31-21(22(27)32)12-19(29-31)23(33)30(13-16-3-1-2-10-28-16)20-9-6-15(25)11-18(20)26/h1-11,21H,12-13H2,(H2,27,32). The van der Waals surface area contributed by atoms with Gasteiger partial charge in [0.05, 0.1) is 23.6 Å². The molecule has 1 atom stereocenters. The first kappa shape index (κ1) is 22.0. The van der Waals surface area contributed by atoms with Crippen molar-refractivity contribution in [3.63, 3.8) is 0 Å². The first-order valence-electron chi connectivity index (χ1n) is 9.92. The molecule has 10 heteroatoms. The first-order valence-corrected chi connectivity index (χ1v) is 9.92. The van der Waals surface area contributed by atoms with Crippen LogP contribution in [0.5, 0.6) is 0 Å².